The van der Waals surface area contributed by atoms with Crippen LogP contribution in [-0.4, -0.2) is 44.2 Å². The van der Waals surface area contributed by atoms with Crippen molar-refractivity contribution in [3.63, 3.8) is 0 Å². The molecule has 1 aliphatic rings. The largest absolute Gasteiger partial charge is 0.492 e. The number of hydrogen-bond acceptors (Lipinski definition) is 4. The van der Waals surface area contributed by atoms with E-state index in [0.717, 1.165) is 56.3 Å². The molecule has 0 unspecified atom stereocenters. The zero-order valence-corrected chi connectivity index (χ0v) is 11.1. The number of nitrogens with two attached hydrogens (primary N) is 1. The summed E-state index contributed by atoms with van der Waals surface area (Å²) in [6.45, 7) is 8.23. The molecule has 0 saturated carbocycles. The highest BCUT2D eigenvalue weighted by Gasteiger charge is 2.08. The number of rotatable bonds is 4. The molecule has 0 aliphatic carbocycles. The van der Waals surface area contributed by atoms with Crippen molar-refractivity contribution in [3.05, 3.63) is 23.8 Å². The first-order chi connectivity index (χ1) is 8.75. The summed E-state index contributed by atoms with van der Waals surface area (Å²) in [6.07, 6.45) is 1.22. The Hall–Kier alpha value is -1.26. The summed E-state index contributed by atoms with van der Waals surface area (Å²) in [5.41, 5.74) is 7.68. The molecule has 3 N–H and O–H groups in total. The summed E-state index contributed by atoms with van der Waals surface area (Å²) in [5, 5.41) is 3.40. The minimum Gasteiger partial charge on any atom is -0.492 e. The molecular weight excluding hydrogens is 226 g/mol. The predicted octanol–water partition coefficient (Wildman–Crippen LogP) is 1.25. The number of anilines is 1. The molecule has 0 atom stereocenters. The fourth-order valence-electron chi connectivity index (χ4n) is 2.16. The quantitative estimate of drug-likeness (QED) is 0.789. The molecule has 4 heteroatoms. The van der Waals surface area contributed by atoms with Crippen LogP contribution < -0.4 is 15.8 Å². The summed E-state index contributed by atoms with van der Waals surface area (Å²) in [7, 11) is 0. The van der Waals surface area contributed by atoms with Gasteiger partial charge in [-0.3, -0.25) is 4.90 Å². The molecule has 0 bridgehead atoms. The van der Waals surface area contributed by atoms with Gasteiger partial charge in [0.2, 0.25) is 0 Å². The maximum atomic E-state index is 5.78. The first-order valence-electron chi connectivity index (χ1n) is 6.68. The van der Waals surface area contributed by atoms with Crippen LogP contribution in [0.15, 0.2) is 18.2 Å². The van der Waals surface area contributed by atoms with Gasteiger partial charge in [-0.2, -0.15) is 0 Å². The van der Waals surface area contributed by atoms with E-state index in [9.17, 15) is 0 Å². The second-order valence-corrected chi connectivity index (χ2v) is 4.81. The van der Waals surface area contributed by atoms with E-state index in [-0.39, 0.29) is 0 Å². The highest BCUT2D eigenvalue weighted by Crippen LogP contribution is 2.18. The topological polar surface area (TPSA) is 50.5 Å². The van der Waals surface area contributed by atoms with Gasteiger partial charge in [-0.25, -0.2) is 0 Å². The van der Waals surface area contributed by atoms with Crippen molar-refractivity contribution in [2.75, 3.05) is 45.1 Å². The maximum Gasteiger partial charge on any atom is 0.119 e. The summed E-state index contributed by atoms with van der Waals surface area (Å²) >= 11 is 0. The van der Waals surface area contributed by atoms with E-state index in [1.165, 1.54) is 6.42 Å². The highest BCUT2D eigenvalue weighted by molar-refractivity contribution is 5.49. The van der Waals surface area contributed by atoms with Gasteiger partial charge in [-0.1, -0.05) is 0 Å². The van der Waals surface area contributed by atoms with Crippen molar-refractivity contribution in [1.29, 1.82) is 0 Å². The van der Waals surface area contributed by atoms with Crippen LogP contribution in [0.3, 0.4) is 0 Å². The Balaban J connectivity index is 1.75. The monoisotopic (exact) mass is 249 g/mol. The normalized spacial score (nSPS) is 17.4. The van der Waals surface area contributed by atoms with Crippen LogP contribution in [0.1, 0.15) is 12.0 Å². The minimum absolute atomic E-state index is 0.739. The molecular formula is C14H23N3O. The van der Waals surface area contributed by atoms with Crippen LogP contribution in [0.2, 0.25) is 0 Å². The number of nitrogen functional groups attached to an aromatic ring is 1. The molecule has 18 heavy (non-hydrogen) atoms. The molecule has 1 aromatic carbocycles. The predicted molar refractivity (Wildman–Crippen MR) is 75.0 cm³/mol. The van der Waals surface area contributed by atoms with Crippen LogP contribution in [-0.2, 0) is 0 Å². The lowest BCUT2D eigenvalue weighted by Crippen LogP contribution is -2.31. The summed E-state index contributed by atoms with van der Waals surface area (Å²) in [6, 6.07) is 5.84. The standard InChI is InChI=1S/C14H23N3O/c1-12-11-13(3-4-14(12)15)18-10-9-17-7-2-5-16-6-8-17/h3-4,11,16H,2,5-10,15H2,1H3. The summed E-state index contributed by atoms with van der Waals surface area (Å²) < 4.78 is 5.77. The Morgan fingerprint density at radius 3 is 3.06 bits per heavy atom. The number of aryl methyl sites for hydroxylation is 1. The molecule has 0 radical (unpaired) electrons. The van der Waals surface area contributed by atoms with E-state index in [1.807, 2.05) is 25.1 Å². The molecule has 1 fully saturated rings. The Bertz CT molecular complexity index is 373. The van der Waals surface area contributed by atoms with Gasteiger partial charge in [0.15, 0.2) is 0 Å². The van der Waals surface area contributed by atoms with Gasteiger partial charge in [-0.15, -0.1) is 0 Å². The van der Waals surface area contributed by atoms with Crippen LogP contribution in [0.4, 0.5) is 5.69 Å². The van der Waals surface area contributed by atoms with Crippen molar-refractivity contribution in [3.8, 4) is 5.75 Å². The van der Waals surface area contributed by atoms with Gasteiger partial charge >= 0.3 is 0 Å². The van der Waals surface area contributed by atoms with Crippen molar-refractivity contribution >= 4 is 5.69 Å². The third-order valence-corrected chi connectivity index (χ3v) is 3.35. The second-order valence-electron chi connectivity index (χ2n) is 4.81. The van der Waals surface area contributed by atoms with Gasteiger partial charge in [-0.05, 0) is 50.2 Å². The number of hydrogen-bond donors (Lipinski definition) is 2. The SMILES string of the molecule is Cc1cc(OCCN2CCCNCC2)ccc1N. The van der Waals surface area contributed by atoms with E-state index >= 15 is 0 Å². The van der Waals surface area contributed by atoms with Gasteiger partial charge in [0, 0.05) is 25.3 Å². The van der Waals surface area contributed by atoms with E-state index < -0.39 is 0 Å². The molecule has 4 nitrogen and oxygen atoms in total. The fourth-order valence-corrected chi connectivity index (χ4v) is 2.16. The van der Waals surface area contributed by atoms with Crippen LogP contribution >= 0.6 is 0 Å². The van der Waals surface area contributed by atoms with E-state index in [1.54, 1.807) is 0 Å². The third-order valence-electron chi connectivity index (χ3n) is 3.35. The first kappa shape index (κ1) is 13.2. The summed E-state index contributed by atoms with van der Waals surface area (Å²) in [4.78, 5) is 2.45. The molecule has 100 valence electrons. The van der Waals surface area contributed by atoms with E-state index in [2.05, 4.69) is 10.2 Å². The van der Waals surface area contributed by atoms with Gasteiger partial charge in [0.1, 0.15) is 12.4 Å². The van der Waals surface area contributed by atoms with Crippen LogP contribution in [0.5, 0.6) is 5.75 Å². The molecule has 1 aromatic rings. The van der Waals surface area contributed by atoms with Gasteiger partial charge < -0.3 is 15.8 Å². The van der Waals surface area contributed by atoms with Crippen molar-refractivity contribution in [2.45, 2.75) is 13.3 Å². The zero-order chi connectivity index (χ0) is 12.8. The molecule has 0 aromatic heterocycles. The smallest absolute Gasteiger partial charge is 0.119 e. The van der Waals surface area contributed by atoms with Crippen LogP contribution in [0, 0.1) is 6.92 Å². The molecule has 1 saturated heterocycles. The molecule has 2 rings (SSSR count). The summed E-state index contributed by atoms with van der Waals surface area (Å²) in [5.74, 6) is 0.912. The average Bonchev–Trinajstić information content (AvgIpc) is 2.62. The van der Waals surface area contributed by atoms with Crippen molar-refractivity contribution < 1.29 is 4.74 Å². The molecule has 0 spiro atoms. The molecule has 0 amide bonds. The molecule has 1 aliphatic heterocycles. The lowest BCUT2D eigenvalue weighted by Gasteiger charge is -2.19. The Kier molecular flexibility index (Phi) is 4.84. The van der Waals surface area contributed by atoms with Crippen molar-refractivity contribution in [1.82, 2.24) is 10.2 Å². The van der Waals surface area contributed by atoms with Gasteiger partial charge in [0.05, 0.1) is 0 Å². The first-order valence-corrected chi connectivity index (χ1v) is 6.68. The lowest BCUT2D eigenvalue weighted by molar-refractivity contribution is 0.217. The van der Waals surface area contributed by atoms with E-state index in [0.29, 0.717) is 0 Å². The number of ether oxygens (including phenoxy) is 1. The van der Waals surface area contributed by atoms with Crippen LogP contribution in [0.25, 0.3) is 0 Å². The lowest BCUT2D eigenvalue weighted by atomic mass is 10.2. The maximum absolute atomic E-state index is 5.78. The fraction of sp³-hybridized carbons (Fsp3) is 0.571. The second kappa shape index (κ2) is 6.61. The zero-order valence-electron chi connectivity index (χ0n) is 11.1. The number of benzene rings is 1. The Labute approximate surface area is 109 Å². The number of nitrogens with one attached hydrogen (secondary N) is 1. The Morgan fingerprint density at radius 1 is 1.33 bits per heavy atom. The number of nitrogens with zero attached hydrogens (tertiary/aromatic N) is 1. The van der Waals surface area contributed by atoms with Crippen molar-refractivity contribution in [2.24, 2.45) is 0 Å². The van der Waals surface area contributed by atoms with E-state index in [4.69, 9.17) is 10.5 Å². The third kappa shape index (κ3) is 3.89. The molecule has 1 heterocycles. The average molecular weight is 249 g/mol. The Morgan fingerprint density at radius 2 is 2.22 bits per heavy atom. The highest BCUT2D eigenvalue weighted by atomic mass is 16.5. The minimum atomic E-state index is 0.739. The van der Waals surface area contributed by atoms with Gasteiger partial charge in [0.25, 0.3) is 0 Å².